The molecule has 1 aliphatic carbocycles. The summed E-state index contributed by atoms with van der Waals surface area (Å²) in [6.07, 6.45) is 7.71. The number of rotatable bonds is 7. The quantitative estimate of drug-likeness (QED) is 0.431. The highest BCUT2D eigenvalue weighted by atomic mass is 35.5. The Morgan fingerprint density at radius 1 is 1.13 bits per heavy atom. The molecule has 2 aromatic rings. The van der Waals surface area contributed by atoms with E-state index in [9.17, 15) is 19.5 Å². The number of fused-ring (bicyclic) bond motifs is 1. The van der Waals surface area contributed by atoms with Crippen molar-refractivity contribution in [1.82, 2.24) is 15.5 Å². The Hall–Kier alpha value is -4.37. The van der Waals surface area contributed by atoms with Gasteiger partial charge in [-0.25, -0.2) is 0 Å². The molecular weight excluding hydrogens is 506 g/mol. The average Bonchev–Trinajstić information content (AvgIpc) is 3.24. The van der Waals surface area contributed by atoms with Crippen LogP contribution >= 0.6 is 12.4 Å². The molecule has 4 N–H and O–H groups in total. The molecule has 0 saturated carbocycles. The first-order valence-corrected chi connectivity index (χ1v) is 12.2. The summed E-state index contributed by atoms with van der Waals surface area (Å²) in [5.41, 5.74) is 3.21. The molecule has 0 bridgehead atoms. The summed E-state index contributed by atoms with van der Waals surface area (Å²) < 4.78 is 0. The number of aliphatic carboxylic acids is 1. The summed E-state index contributed by atoms with van der Waals surface area (Å²) in [6.45, 7) is 1.61. The van der Waals surface area contributed by atoms with Crippen molar-refractivity contribution in [1.29, 1.82) is 0 Å². The second-order valence-corrected chi connectivity index (χ2v) is 9.00. The number of carbonyl (C=O) groups is 3. The molecule has 9 nitrogen and oxygen atoms in total. The Labute approximate surface area is 226 Å². The minimum atomic E-state index is -0.989. The van der Waals surface area contributed by atoms with Crippen molar-refractivity contribution in [3.63, 3.8) is 0 Å². The molecule has 0 aromatic heterocycles. The van der Waals surface area contributed by atoms with E-state index in [0.29, 0.717) is 17.2 Å². The number of amides is 2. The zero-order valence-corrected chi connectivity index (χ0v) is 21.3. The van der Waals surface area contributed by atoms with E-state index in [4.69, 9.17) is 0 Å². The smallest absolute Gasteiger partial charge is 0.305 e. The van der Waals surface area contributed by atoms with Crippen LogP contribution in [-0.2, 0) is 9.59 Å². The second kappa shape index (κ2) is 11.8. The maximum absolute atomic E-state index is 13.3. The lowest BCUT2D eigenvalue weighted by Gasteiger charge is -2.26. The van der Waals surface area contributed by atoms with Crippen LogP contribution in [0.1, 0.15) is 34.8 Å². The third-order valence-corrected chi connectivity index (χ3v) is 6.40. The standard InChI is InChI=1S/C28H27N5O4.ClH/c34-25(35)16-24(18-6-2-1-3-7-18)33-17-20-10-11-22(15-23(20)27(33)37)31-26(36)19-8-4-9-21(14-19)32-28-29-12-5-13-30-28;/h1-4,6-11,14-15,17,23-24H,5,12-13,16H2,(H,31,36)(H,34,35)(H2,29,30,32);1H. The maximum Gasteiger partial charge on any atom is 0.305 e. The van der Waals surface area contributed by atoms with Crippen LogP contribution in [0.4, 0.5) is 5.69 Å². The first-order valence-electron chi connectivity index (χ1n) is 12.2. The van der Waals surface area contributed by atoms with Crippen LogP contribution in [0.15, 0.2) is 95.3 Å². The van der Waals surface area contributed by atoms with E-state index in [1.165, 1.54) is 4.90 Å². The number of hydrogen-bond acceptors (Lipinski definition) is 6. The average molecular weight is 534 g/mol. The number of halogens is 1. The molecule has 0 radical (unpaired) electrons. The van der Waals surface area contributed by atoms with E-state index in [0.717, 1.165) is 36.3 Å². The van der Waals surface area contributed by atoms with E-state index < -0.39 is 17.9 Å². The lowest BCUT2D eigenvalue weighted by molar-refractivity contribution is -0.139. The van der Waals surface area contributed by atoms with Crippen molar-refractivity contribution in [2.24, 2.45) is 10.9 Å². The molecule has 3 aliphatic rings. The van der Waals surface area contributed by atoms with E-state index >= 15 is 0 Å². The Morgan fingerprint density at radius 2 is 1.95 bits per heavy atom. The molecule has 38 heavy (non-hydrogen) atoms. The lowest BCUT2D eigenvalue weighted by Crippen LogP contribution is -2.35. The summed E-state index contributed by atoms with van der Waals surface area (Å²) in [5, 5.41) is 18.7. The van der Waals surface area contributed by atoms with E-state index in [-0.39, 0.29) is 30.6 Å². The lowest BCUT2D eigenvalue weighted by atomic mass is 9.95. The summed E-state index contributed by atoms with van der Waals surface area (Å²) in [6, 6.07) is 15.6. The molecule has 2 unspecified atom stereocenters. The minimum absolute atomic E-state index is 0. The van der Waals surface area contributed by atoms with Gasteiger partial charge in [0.05, 0.1) is 18.4 Å². The molecule has 2 atom stereocenters. The van der Waals surface area contributed by atoms with Crippen LogP contribution in [0.3, 0.4) is 0 Å². The molecule has 196 valence electrons. The van der Waals surface area contributed by atoms with Crippen molar-refractivity contribution in [2.75, 3.05) is 18.4 Å². The molecule has 2 aliphatic heterocycles. The number of anilines is 1. The normalized spacial score (nSPS) is 18.6. The number of allylic oxidation sites excluding steroid dienone is 2. The number of aliphatic imine (C=N–C) groups is 1. The predicted octanol–water partition coefficient (Wildman–Crippen LogP) is 3.61. The van der Waals surface area contributed by atoms with Crippen LogP contribution < -0.4 is 16.0 Å². The Morgan fingerprint density at radius 3 is 2.68 bits per heavy atom. The van der Waals surface area contributed by atoms with Crippen molar-refractivity contribution in [3.05, 3.63) is 101 Å². The number of carboxylic acids is 1. The van der Waals surface area contributed by atoms with Crippen molar-refractivity contribution < 1.29 is 19.5 Å². The summed E-state index contributed by atoms with van der Waals surface area (Å²) >= 11 is 0. The highest BCUT2D eigenvalue weighted by Gasteiger charge is 2.38. The fraction of sp³-hybridized carbons (Fsp3) is 0.214. The molecule has 5 rings (SSSR count). The van der Waals surface area contributed by atoms with Gasteiger partial charge < -0.3 is 26.0 Å². The van der Waals surface area contributed by atoms with Crippen LogP contribution in [0.25, 0.3) is 0 Å². The molecule has 0 spiro atoms. The molecule has 10 heteroatoms. The molecular formula is C28H28ClN5O4. The number of carbonyl (C=O) groups excluding carboxylic acids is 2. The molecule has 2 heterocycles. The van der Waals surface area contributed by atoms with Gasteiger partial charge in [-0.3, -0.25) is 19.4 Å². The number of nitrogens with one attached hydrogen (secondary N) is 3. The van der Waals surface area contributed by atoms with Gasteiger partial charge in [0.15, 0.2) is 5.96 Å². The zero-order valence-electron chi connectivity index (χ0n) is 20.5. The number of nitrogens with zero attached hydrogens (tertiary/aromatic N) is 2. The van der Waals surface area contributed by atoms with Gasteiger partial charge in [-0.2, -0.15) is 0 Å². The number of hydrogen-bond donors (Lipinski definition) is 4. The summed E-state index contributed by atoms with van der Waals surface area (Å²) in [4.78, 5) is 43.7. The van der Waals surface area contributed by atoms with Crippen molar-refractivity contribution in [2.45, 2.75) is 18.9 Å². The minimum Gasteiger partial charge on any atom is -0.481 e. The maximum atomic E-state index is 13.3. The van der Waals surface area contributed by atoms with Crippen LogP contribution in [0.2, 0.25) is 0 Å². The highest BCUT2D eigenvalue weighted by molar-refractivity contribution is 5.99. The largest absolute Gasteiger partial charge is 0.481 e. The summed E-state index contributed by atoms with van der Waals surface area (Å²) in [5.74, 6) is -1.43. The van der Waals surface area contributed by atoms with Crippen molar-refractivity contribution >= 4 is 41.8 Å². The first kappa shape index (κ1) is 26.7. The van der Waals surface area contributed by atoms with Crippen molar-refractivity contribution in [3.8, 4) is 0 Å². The van der Waals surface area contributed by atoms with Gasteiger partial charge in [0.2, 0.25) is 5.91 Å². The van der Waals surface area contributed by atoms with Gasteiger partial charge in [-0.1, -0.05) is 42.5 Å². The topological polar surface area (TPSA) is 123 Å². The monoisotopic (exact) mass is 533 g/mol. The van der Waals surface area contributed by atoms with Crippen LogP contribution in [-0.4, -0.2) is 46.8 Å². The van der Waals surface area contributed by atoms with Gasteiger partial charge in [0.1, 0.15) is 0 Å². The van der Waals surface area contributed by atoms with Gasteiger partial charge >= 0.3 is 5.97 Å². The second-order valence-electron chi connectivity index (χ2n) is 9.00. The predicted molar refractivity (Wildman–Crippen MR) is 147 cm³/mol. The third kappa shape index (κ3) is 5.95. The molecule has 0 saturated heterocycles. The molecule has 0 fully saturated rings. The van der Waals surface area contributed by atoms with E-state index in [1.807, 2.05) is 36.4 Å². The highest BCUT2D eigenvalue weighted by Crippen LogP contribution is 2.36. The Bertz CT molecular complexity index is 1350. The fourth-order valence-corrected chi connectivity index (χ4v) is 4.58. The Balaban J connectivity index is 0.00000336. The zero-order chi connectivity index (χ0) is 25.8. The Kier molecular flexibility index (Phi) is 8.28. The van der Waals surface area contributed by atoms with Crippen LogP contribution in [0.5, 0.6) is 0 Å². The van der Waals surface area contributed by atoms with Crippen LogP contribution in [0, 0.1) is 5.92 Å². The fourth-order valence-electron chi connectivity index (χ4n) is 4.58. The molecule has 2 amide bonds. The van der Waals surface area contributed by atoms with Gasteiger partial charge in [-0.15, -0.1) is 12.4 Å². The molecule has 2 aromatic carbocycles. The van der Waals surface area contributed by atoms with Gasteiger partial charge in [0, 0.05) is 36.2 Å². The van der Waals surface area contributed by atoms with Gasteiger partial charge in [0.25, 0.3) is 5.91 Å². The summed E-state index contributed by atoms with van der Waals surface area (Å²) in [7, 11) is 0. The first-order chi connectivity index (χ1) is 18.0. The number of benzene rings is 2. The number of guanidine groups is 1. The SMILES string of the molecule is Cl.O=C(O)CC(c1ccccc1)N1C=C2C=CC(NC(=O)c3cccc(NC4=NCCCN4)c3)=CC2C1=O. The third-order valence-electron chi connectivity index (χ3n) is 6.40. The van der Waals surface area contributed by atoms with Gasteiger partial charge in [-0.05, 0) is 47.9 Å². The number of carboxylic acid groups (broad SMARTS) is 1. The van der Waals surface area contributed by atoms with E-state index in [1.54, 1.807) is 42.6 Å². The van der Waals surface area contributed by atoms with E-state index in [2.05, 4.69) is 20.9 Å².